The van der Waals surface area contributed by atoms with Crippen LogP contribution < -0.4 is 10.1 Å². The van der Waals surface area contributed by atoms with Gasteiger partial charge in [-0.05, 0) is 68.4 Å². The van der Waals surface area contributed by atoms with Crippen molar-refractivity contribution < 1.29 is 9.53 Å². The molecule has 6 atom stereocenters. The van der Waals surface area contributed by atoms with Gasteiger partial charge in [0.2, 0.25) is 0 Å². The van der Waals surface area contributed by atoms with Crippen LogP contribution in [0.5, 0.6) is 5.75 Å². The molecule has 118 valence electrons. The van der Waals surface area contributed by atoms with E-state index in [0.717, 1.165) is 29.4 Å². The molecule has 3 fully saturated rings. The molecule has 0 aromatic heterocycles. The summed E-state index contributed by atoms with van der Waals surface area (Å²) >= 11 is 0. The lowest BCUT2D eigenvalue weighted by atomic mass is 9.79. The third-order valence-electron chi connectivity index (χ3n) is 6.18. The predicted molar refractivity (Wildman–Crippen MR) is 85.5 cm³/mol. The Bertz CT molecular complexity index is 544. The summed E-state index contributed by atoms with van der Waals surface area (Å²) in [5, 5.41) is 3.28. The van der Waals surface area contributed by atoms with Crippen LogP contribution in [0.3, 0.4) is 0 Å². The Morgan fingerprint density at radius 3 is 2.73 bits per heavy atom. The second kappa shape index (κ2) is 5.60. The van der Waals surface area contributed by atoms with Crippen molar-refractivity contribution in [2.75, 3.05) is 0 Å². The van der Waals surface area contributed by atoms with Crippen LogP contribution in [0, 0.1) is 23.7 Å². The Kier molecular flexibility index (Phi) is 3.59. The normalized spacial score (nSPS) is 36.9. The van der Waals surface area contributed by atoms with Crippen molar-refractivity contribution in [3.8, 4) is 5.75 Å². The third-order valence-corrected chi connectivity index (χ3v) is 6.18. The van der Waals surface area contributed by atoms with Crippen molar-refractivity contribution in [3.63, 3.8) is 0 Å². The molecule has 3 nitrogen and oxygen atoms in total. The van der Waals surface area contributed by atoms with Gasteiger partial charge in [0.05, 0.1) is 0 Å². The lowest BCUT2D eigenvalue weighted by molar-refractivity contribution is -0.128. The van der Waals surface area contributed by atoms with Crippen molar-refractivity contribution in [1.29, 1.82) is 0 Å². The fourth-order valence-electron chi connectivity index (χ4n) is 5.29. The van der Waals surface area contributed by atoms with Gasteiger partial charge in [0, 0.05) is 6.04 Å². The first kappa shape index (κ1) is 14.1. The molecule has 3 saturated carbocycles. The van der Waals surface area contributed by atoms with E-state index in [9.17, 15) is 4.79 Å². The summed E-state index contributed by atoms with van der Waals surface area (Å²) < 4.78 is 5.74. The minimum Gasteiger partial charge on any atom is -0.481 e. The topological polar surface area (TPSA) is 38.3 Å². The van der Waals surface area contributed by atoms with Gasteiger partial charge in [-0.1, -0.05) is 24.6 Å². The van der Waals surface area contributed by atoms with E-state index in [-0.39, 0.29) is 5.91 Å². The third kappa shape index (κ3) is 2.41. The van der Waals surface area contributed by atoms with E-state index in [1.807, 2.05) is 37.3 Å². The molecule has 1 N–H and O–H groups in total. The Labute approximate surface area is 132 Å². The van der Waals surface area contributed by atoms with Gasteiger partial charge in [-0.3, -0.25) is 4.79 Å². The zero-order chi connectivity index (χ0) is 15.1. The highest BCUT2D eigenvalue weighted by Crippen LogP contribution is 2.58. The number of benzene rings is 1. The molecule has 3 aliphatic rings. The van der Waals surface area contributed by atoms with Crippen molar-refractivity contribution in [1.82, 2.24) is 5.32 Å². The van der Waals surface area contributed by atoms with E-state index in [2.05, 4.69) is 5.32 Å². The molecule has 4 rings (SSSR count). The number of rotatable bonds is 4. The lowest BCUT2D eigenvalue weighted by Gasteiger charge is -2.32. The van der Waals surface area contributed by atoms with Crippen LogP contribution in [0.15, 0.2) is 30.3 Å². The average molecular weight is 299 g/mol. The first-order chi connectivity index (χ1) is 10.7. The van der Waals surface area contributed by atoms with Gasteiger partial charge in [0.1, 0.15) is 5.75 Å². The molecule has 3 aliphatic carbocycles. The zero-order valence-electron chi connectivity index (χ0n) is 13.2. The zero-order valence-corrected chi connectivity index (χ0v) is 13.2. The minimum atomic E-state index is -0.430. The highest BCUT2D eigenvalue weighted by atomic mass is 16.5. The first-order valence-electron chi connectivity index (χ1n) is 8.74. The summed E-state index contributed by atoms with van der Waals surface area (Å²) in [6.07, 6.45) is 6.31. The van der Waals surface area contributed by atoms with Crippen molar-refractivity contribution in [2.45, 2.75) is 51.2 Å². The average Bonchev–Trinajstić information content (AvgIpc) is 3.20. The second-order valence-electron chi connectivity index (χ2n) is 7.34. The second-order valence-corrected chi connectivity index (χ2v) is 7.34. The smallest absolute Gasteiger partial charge is 0.261 e. The van der Waals surface area contributed by atoms with Crippen molar-refractivity contribution in [3.05, 3.63) is 30.3 Å². The summed E-state index contributed by atoms with van der Waals surface area (Å²) in [6, 6.07) is 9.98. The number of carbonyl (C=O) groups excluding carboxylic acids is 1. The maximum Gasteiger partial charge on any atom is 0.261 e. The molecule has 0 aliphatic heterocycles. The Hall–Kier alpha value is -1.51. The fraction of sp³-hybridized carbons (Fsp3) is 0.632. The van der Waals surface area contributed by atoms with Gasteiger partial charge >= 0.3 is 0 Å². The molecule has 1 aromatic rings. The number of para-hydroxylation sites is 1. The molecular formula is C19H25NO2. The van der Waals surface area contributed by atoms with Crippen molar-refractivity contribution >= 4 is 5.91 Å². The number of ether oxygens (including phenoxy) is 1. The number of hydrogen-bond donors (Lipinski definition) is 1. The van der Waals surface area contributed by atoms with E-state index >= 15 is 0 Å². The maximum atomic E-state index is 12.4. The van der Waals surface area contributed by atoms with E-state index in [1.165, 1.54) is 32.1 Å². The Morgan fingerprint density at radius 1 is 1.14 bits per heavy atom. The Balaban J connectivity index is 1.35. The molecule has 1 aromatic carbocycles. The summed E-state index contributed by atoms with van der Waals surface area (Å²) in [6.45, 7) is 1.84. The number of nitrogens with one attached hydrogen (secondary N) is 1. The number of hydrogen-bond acceptors (Lipinski definition) is 2. The van der Waals surface area contributed by atoms with E-state index in [0.29, 0.717) is 6.04 Å². The lowest BCUT2D eigenvalue weighted by Crippen LogP contribution is -2.47. The van der Waals surface area contributed by atoms with Crippen LogP contribution in [-0.2, 0) is 4.79 Å². The summed E-state index contributed by atoms with van der Waals surface area (Å²) in [5.74, 6) is 4.24. The van der Waals surface area contributed by atoms with Crippen LogP contribution in [0.1, 0.15) is 39.0 Å². The van der Waals surface area contributed by atoms with E-state index in [1.54, 1.807) is 0 Å². The predicted octanol–water partition coefficient (Wildman–Crippen LogP) is 3.39. The van der Waals surface area contributed by atoms with Crippen molar-refractivity contribution in [2.24, 2.45) is 23.7 Å². The summed E-state index contributed by atoms with van der Waals surface area (Å²) in [4.78, 5) is 12.4. The number of fused-ring (bicyclic) bond motifs is 5. The van der Waals surface area contributed by atoms with Crippen LogP contribution in [0.4, 0.5) is 0 Å². The molecule has 0 radical (unpaired) electrons. The molecule has 0 spiro atoms. The maximum absolute atomic E-state index is 12.4. The summed E-state index contributed by atoms with van der Waals surface area (Å²) in [7, 11) is 0. The monoisotopic (exact) mass is 299 g/mol. The Morgan fingerprint density at radius 2 is 1.91 bits per heavy atom. The van der Waals surface area contributed by atoms with E-state index in [4.69, 9.17) is 4.74 Å². The van der Waals surface area contributed by atoms with Gasteiger partial charge < -0.3 is 10.1 Å². The molecule has 1 amide bonds. The van der Waals surface area contributed by atoms with Gasteiger partial charge in [-0.2, -0.15) is 0 Å². The summed E-state index contributed by atoms with van der Waals surface area (Å²) in [5.41, 5.74) is 0. The molecule has 22 heavy (non-hydrogen) atoms. The quantitative estimate of drug-likeness (QED) is 0.925. The number of carbonyl (C=O) groups is 1. The standard InChI is InChI=1S/C19H25NO2/c1-12(22-14-6-3-2-4-7-14)19(21)20-18-11-13-10-17(18)16-9-5-8-15(13)16/h2-4,6-7,12-13,15-18H,5,8-11H2,1H3,(H,20,21). The molecular weight excluding hydrogens is 274 g/mol. The number of amides is 1. The van der Waals surface area contributed by atoms with Gasteiger partial charge in [-0.25, -0.2) is 0 Å². The highest BCUT2D eigenvalue weighted by molar-refractivity contribution is 5.81. The molecule has 0 heterocycles. The first-order valence-corrected chi connectivity index (χ1v) is 8.74. The molecule has 3 heteroatoms. The molecule has 6 unspecified atom stereocenters. The van der Waals surface area contributed by atoms with Crippen LogP contribution in [0.2, 0.25) is 0 Å². The molecule has 2 bridgehead atoms. The fourth-order valence-corrected chi connectivity index (χ4v) is 5.29. The molecule has 0 saturated heterocycles. The van der Waals surface area contributed by atoms with Gasteiger partial charge in [-0.15, -0.1) is 0 Å². The largest absolute Gasteiger partial charge is 0.481 e. The van der Waals surface area contributed by atoms with E-state index < -0.39 is 6.10 Å². The van der Waals surface area contributed by atoms with Gasteiger partial charge in [0.25, 0.3) is 5.91 Å². The van der Waals surface area contributed by atoms with Crippen LogP contribution in [0.25, 0.3) is 0 Å². The van der Waals surface area contributed by atoms with Crippen LogP contribution in [-0.4, -0.2) is 18.1 Å². The van der Waals surface area contributed by atoms with Gasteiger partial charge in [0.15, 0.2) is 6.10 Å². The highest BCUT2D eigenvalue weighted by Gasteiger charge is 2.54. The minimum absolute atomic E-state index is 0.0379. The van der Waals surface area contributed by atoms with Crippen LogP contribution >= 0.6 is 0 Å². The SMILES string of the molecule is CC(Oc1ccccc1)C(=O)NC1CC2CC1C1CCCC21.